The zero-order valence-corrected chi connectivity index (χ0v) is 22.8. The number of nitrogens with zero attached hydrogens (tertiary/aromatic N) is 1. The van der Waals surface area contributed by atoms with Crippen LogP contribution in [0, 0.1) is 5.92 Å². The molecule has 192 valence electrons. The SMILES string of the molecule is CCC[C@H](C)[C@@H](C)S(=O)(=O)NC(=O)c1ccc2c(c1)N(OS)CCCCc1cc(Cl)ccc1CO2. The van der Waals surface area contributed by atoms with E-state index >= 15 is 0 Å². The van der Waals surface area contributed by atoms with Crippen molar-refractivity contribution in [1.82, 2.24) is 4.72 Å². The lowest BCUT2D eigenvalue weighted by Crippen LogP contribution is -2.40. The van der Waals surface area contributed by atoms with Gasteiger partial charge in [0.15, 0.2) is 0 Å². The highest BCUT2D eigenvalue weighted by Crippen LogP contribution is 2.33. The number of fused-ring (bicyclic) bond motifs is 2. The van der Waals surface area contributed by atoms with Gasteiger partial charge in [-0.2, -0.15) is 0 Å². The number of nitrogens with one attached hydrogen (secondary N) is 1. The van der Waals surface area contributed by atoms with Crippen LogP contribution in [0.3, 0.4) is 0 Å². The maximum absolute atomic E-state index is 12.9. The van der Waals surface area contributed by atoms with Crippen LogP contribution in [-0.4, -0.2) is 26.1 Å². The Kier molecular flexibility index (Phi) is 9.75. The van der Waals surface area contributed by atoms with Crippen LogP contribution in [0.15, 0.2) is 36.4 Å². The van der Waals surface area contributed by atoms with Crippen LogP contribution in [-0.2, 0) is 27.3 Å². The molecule has 2 atom stereocenters. The third-order valence-electron chi connectivity index (χ3n) is 6.47. The molecule has 0 aliphatic carbocycles. The molecule has 10 heteroatoms. The predicted molar refractivity (Wildman–Crippen MR) is 143 cm³/mol. The fraction of sp³-hybridized carbons (Fsp3) is 0.480. The predicted octanol–water partition coefficient (Wildman–Crippen LogP) is 5.72. The number of anilines is 1. The van der Waals surface area contributed by atoms with Gasteiger partial charge in [-0.1, -0.05) is 37.9 Å². The Bertz CT molecular complexity index is 1140. The summed E-state index contributed by atoms with van der Waals surface area (Å²) in [6, 6.07) is 10.5. The van der Waals surface area contributed by atoms with Crippen LogP contribution in [0.4, 0.5) is 5.69 Å². The molecule has 1 amide bonds. The molecule has 7 nitrogen and oxygen atoms in total. The monoisotopic (exact) mass is 540 g/mol. The Labute approximate surface area is 218 Å². The highest BCUT2D eigenvalue weighted by Gasteiger charge is 2.28. The smallest absolute Gasteiger partial charge is 0.264 e. The van der Waals surface area contributed by atoms with Gasteiger partial charge in [-0.05, 0) is 80.0 Å². The molecule has 1 aliphatic rings. The second kappa shape index (κ2) is 12.3. The average Bonchev–Trinajstić information content (AvgIpc) is 2.85. The maximum atomic E-state index is 12.9. The van der Waals surface area contributed by atoms with E-state index in [1.54, 1.807) is 30.2 Å². The van der Waals surface area contributed by atoms with E-state index in [0.717, 1.165) is 43.2 Å². The van der Waals surface area contributed by atoms with Crippen molar-refractivity contribution in [1.29, 1.82) is 0 Å². The van der Waals surface area contributed by atoms with Crippen molar-refractivity contribution < 1.29 is 22.2 Å². The standard InChI is InChI=1S/C25H33ClN2O5S2/c1-4-7-17(2)18(3)35(30,31)27-25(29)20-10-12-24-23(15-20)28(33-34)13-6-5-8-19-14-22(26)11-9-21(19)16-32-24/h9-12,14-15,17-18,34H,4-8,13,16H2,1-3H3,(H,27,29)/t17-,18+/m0/s1. The number of halogens is 1. The number of ether oxygens (including phenoxy) is 1. The number of amides is 1. The number of benzene rings is 2. The molecule has 3 rings (SSSR count). The van der Waals surface area contributed by atoms with Crippen LogP contribution in [0.2, 0.25) is 5.02 Å². The Balaban J connectivity index is 1.88. The van der Waals surface area contributed by atoms with Crippen LogP contribution in [0.1, 0.15) is 67.9 Å². The topological polar surface area (TPSA) is 84.9 Å². The minimum Gasteiger partial charge on any atom is -0.487 e. The van der Waals surface area contributed by atoms with Gasteiger partial charge in [-0.15, -0.1) is 0 Å². The van der Waals surface area contributed by atoms with Crippen molar-refractivity contribution >= 4 is 46.1 Å². The van der Waals surface area contributed by atoms with Gasteiger partial charge < -0.3 is 4.74 Å². The number of hydroxylamine groups is 1. The molecule has 0 radical (unpaired) electrons. The number of carbonyl (C=O) groups excluding carboxylic acids is 1. The molecule has 1 heterocycles. The van der Waals surface area contributed by atoms with Gasteiger partial charge in [-0.25, -0.2) is 22.5 Å². The molecule has 1 aliphatic heterocycles. The highest BCUT2D eigenvalue weighted by atomic mass is 35.5. The molecule has 0 saturated carbocycles. The van der Waals surface area contributed by atoms with Crippen LogP contribution >= 0.6 is 24.5 Å². The summed E-state index contributed by atoms with van der Waals surface area (Å²) in [5.74, 6) is -0.278. The van der Waals surface area contributed by atoms with E-state index in [1.165, 1.54) is 0 Å². The highest BCUT2D eigenvalue weighted by molar-refractivity contribution is 7.90. The lowest BCUT2D eigenvalue weighted by atomic mass is 10.0. The Morgan fingerprint density at radius 1 is 1.20 bits per heavy atom. The Hall–Kier alpha value is -1.94. The maximum Gasteiger partial charge on any atom is 0.264 e. The fourth-order valence-electron chi connectivity index (χ4n) is 4.15. The van der Waals surface area contributed by atoms with E-state index in [1.807, 2.05) is 32.0 Å². The quantitative estimate of drug-likeness (QED) is 0.345. The van der Waals surface area contributed by atoms with Gasteiger partial charge in [0.25, 0.3) is 5.91 Å². The first-order valence-electron chi connectivity index (χ1n) is 11.9. The van der Waals surface area contributed by atoms with Gasteiger partial charge in [0, 0.05) is 30.0 Å². The minimum atomic E-state index is -3.84. The van der Waals surface area contributed by atoms with Crippen molar-refractivity contribution in [2.45, 2.75) is 64.7 Å². The van der Waals surface area contributed by atoms with Crippen LogP contribution in [0.5, 0.6) is 5.75 Å². The molecule has 0 spiro atoms. The summed E-state index contributed by atoms with van der Waals surface area (Å²) in [6.07, 6.45) is 4.16. The number of rotatable bonds is 7. The van der Waals surface area contributed by atoms with Crippen molar-refractivity contribution in [3.8, 4) is 5.75 Å². The van der Waals surface area contributed by atoms with Crippen LogP contribution < -0.4 is 14.5 Å². The first-order valence-corrected chi connectivity index (χ1v) is 14.1. The van der Waals surface area contributed by atoms with Gasteiger partial charge in [0.1, 0.15) is 18.0 Å². The zero-order chi connectivity index (χ0) is 25.6. The first-order chi connectivity index (χ1) is 16.7. The summed E-state index contributed by atoms with van der Waals surface area (Å²) >= 11 is 10.2. The number of sulfonamides is 1. The molecule has 0 unspecified atom stereocenters. The molecule has 0 bridgehead atoms. The minimum absolute atomic E-state index is 0.0723. The molecule has 0 aromatic heterocycles. The molecule has 2 aromatic carbocycles. The second-order valence-electron chi connectivity index (χ2n) is 8.97. The summed E-state index contributed by atoms with van der Waals surface area (Å²) in [5, 5.41) is 1.53. The molecule has 35 heavy (non-hydrogen) atoms. The number of aryl methyl sites for hydroxylation is 1. The van der Waals surface area contributed by atoms with Crippen molar-refractivity contribution in [3.63, 3.8) is 0 Å². The first kappa shape index (κ1) is 27.6. The summed E-state index contributed by atoms with van der Waals surface area (Å²) in [6.45, 7) is 6.32. The second-order valence-corrected chi connectivity index (χ2v) is 11.6. The molecular formula is C25H33ClN2O5S2. The number of carbonyl (C=O) groups is 1. The van der Waals surface area contributed by atoms with Crippen LogP contribution in [0.25, 0.3) is 0 Å². The average molecular weight is 541 g/mol. The molecule has 1 N–H and O–H groups in total. The number of hydrogen-bond acceptors (Lipinski definition) is 7. The summed E-state index contributed by atoms with van der Waals surface area (Å²) in [4.78, 5) is 12.9. The number of hydrogen-bond donors (Lipinski definition) is 2. The van der Waals surface area contributed by atoms with Crippen molar-refractivity contribution in [3.05, 3.63) is 58.1 Å². The van der Waals surface area contributed by atoms with Crippen molar-refractivity contribution in [2.75, 3.05) is 11.6 Å². The van der Waals surface area contributed by atoms with E-state index in [-0.39, 0.29) is 11.5 Å². The fourth-order valence-corrected chi connectivity index (χ4v) is 5.83. The molecular weight excluding hydrogens is 508 g/mol. The summed E-state index contributed by atoms with van der Waals surface area (Å²) < 4.78 is 39.2. The van der Waals surface area contributed by atoms with Crippen molar-refractivity contribution in [2.24, 2.45) is 5.92 Å². The zero-order valence-electron chi connectivity index (χ0n) is 20.3. The lowest BCUT2D eigenvalue weighted by Gasteiger charge is -2.24. The van der Waals surface area contributed by atoms with Gasteiger partial charge in [0.2, 0.25) is 10.0 Å². The third kappa shape index (κ3) is 7.06. The van der Waals surface area contributed by atoms with E-state index in [0.29, 0.717) is 29.6 Å². The van der Waals surface area contributed by atoms with E-state index < -0.39 is 21.2 Å². The van der Waals surface area contributed by atoms with E-state index in [2.05, 4.69) is 17.6 Å². The van der Waals surface area contributed by atoms with Gasteiger partial charge in [0.05, 0.1) is 5.25 Å². The van der Waals surface area contributed by atoms with E-state index in [9.17, 15) is 13.2 Å². The van der Waals surface area contributed by atoms with Gasteiger partial charge in [-0.3, -0.25) is 4.79 Å². The molecule has 0 fully saturated rings. The Morgan fingerprint density at radius 3 is 2.69 bits per heavy atom. The largest absolute Gasteiger partial charge is 0.487 e. The molecule has 0 saturated heterocycles. The summed E-state index contributed by atoms with van der Waals surface area (Å²) in [5.41, 5.74) is 2.84. The Morgan fingerprint density at radius 2 is 1.97 bits per heavy atom. The number of thiol groups is 1. The third-order valence-corrected chi connectivity index (χ3v) is 8.81. The molecule has 2 aromatic rings. The van der Waals surface area contributed by atoms with Gasteiger partial charge >= 0.3 is 0 Å². The van der Waals surface area contributed by atoms with E-state index in [4.69, 9.17) is 20.6 Å². The normalized spacial score (nSPS) is 16.2. The summed E-state index contributed by atoms with van der Waals surface area (Å²) in [7, 11) is -3.84. The lowest BCUT2D eigenvalue weighted by molar-refractivity contribution is 0.0980.